The maximum Gasteiger partial charge on any atom is 0.229 e. The van der Waals surface area contributed by atoms with E-state index in [0.717, 1.165) is 23.6 Å². The number of rotatable bonds is 6. The predicted molar refractivity (Wildman–Crippen MR) is 120 cm³/mol. The molecule has 5 heteroatoms. The molecule has 5 nitrogen and oxygen atoms in total. The van der Waals surface area contributed by atoms with Gasteiger partial charge in [-0.25, -0.2) is 4.98 Å². The van der Waals surface area contributed by atoms with E-state index in [1.807, 2.05) is 79.8 Å². The molecule has 0 atom stereocenters. The summed E-state index contributed by atoms with van der Waals surface area (Å²) in [5.41, 5.74) is 4.25. The fourth-order valence-corrected chi connectivity index (χ4v) is 3.19. The summed E-state index contributed by atoms with van der Waals surface area (Å²) < 4.78 is 0. The molecule has 1 N–H and O–H groups in total. The summed E-state index contributed by atoms with van der Waals surface area (Å²) in [5.74, 6) is 1.25. The smallest absolute Gasteiger partial charge is 0.229 e. The largest absolute Gasteiger partial charge is 0.355 e. The maximum atomic E-state index is 9.40. The number of nitriles is 1. The Bertz CT molecular complexity index is 1170. The van der Waals surface area contributed by atoms with Crippen LogP contribution in [-0.2, 0) is 6.54 Å². The van der Waals surface area contributed by atoms with Crippen molar-refractivity contribution in [2.45, 2.75) is 6.54 Å². The van der Waals surface area contributed by atoms with E-state index < -0.39 is 0 Å². The fraction of sp³-hybridized carbons (Fsp3) is 0.0800. The van der Waals surface area contributed by atoms with Gasteiger partial charge in [0.05, 0.1) is 16.9 Å². The average molecular weight is 391 g/mol. The van der Waals surface area contributed by atoms with Crippen LogP contribution in [0.1, 0.15) is 11.1 Å². The van der Waals surface area contributed by atoms with Crippen LogP contribution in [0.2, 0.25) is 0 Å². The summed E-state index contributed by atoms with van der Waals surface area (Å²) in [5, 5.41) is 12.6. The van der Waals surface area contributed by atoms with Gasteiger partial charge in [0.2, 0.25) is 5.95 Å². The van der Waals surface area contributed by atoms with Gasteiger partial charge < -0.3 is 10.2 Å². The van der Waals surface area contributed by atoms with E-state index in [0.29, 0.717) is 17.2 Å². The van der Waals surface area contributed by atoms with Gasteiger partial charge in [-0.2, -0.15) is 10.2 Å². The average Bonchev–Trinajstić information content (AvgIpc) is 2.80. The zero-order chi connectivity index (χ0) is 20.8. The van der Waals surface area contributed by atoms with Crippen LogP contribution in [-0.4, -0.2) is 17.0 Å². The third kappa shape index (κ3) is 4.45. The highest BCUT2D eigenvalue weighted by Gasteiger charge is 2.12. The summed E-state index contributed by atoms with van der Waals surface area (Å²) in [6.45, 7) is 0.723. The molecule has 0 aliphatic heterocycles. The number of aromatic nitrogens is 2. The first-order valence-electron chi connectivity index (χ1n) is 9.68. The molecule has 146 valence electrons. The van der Waals surface area contributed by atoms with Gasteiger partial charge in [-0.15, -0.1) is 0 Å². The monoisotopic (exact) mass is 391 g/mol. The Labute approximate surface area is 176 Å². The van der Waals surface area contributed by atoms with Crippen molar-refractivity contribution in [3.8, 4) is 17.3 Å². The molecule has 0 aliphatic carbocycles. The number of para-hydroxylation sites is 1. The number of hydrogen-bond donors (Lipinski definition) is 1. The molecule has 4 rings (SSSR count). The van der Waals surface area contributed by atoms with E-state index in [1.54, 1.807) is 6.07 Å². The Hall–Kier alpha value is -4.17. The molecule has 0 unspecified atom stereocenters. The Morgan fingerprint density at radius 3 is 2.27 bits per heavy atom. The SMILES string of the molecule is CN(Cc1ccccc1)c1cc(-c2ccccc2)nc(Nc2ccccc2C#N)n1. The van der Waals surface area contributed by atoms with Crippen LogP contribution in [0.25, 0.3) is 11.3 Å². The molecular weight excluding hydrogens is 370 g/mol. The number of anilines is 3. The van der Waals surface area contributed by atoms with Gasteiger partial charge in [-0.1, -0.05) is 72.8 Å². The van der Waals surface area contributed by atoms with Crippen LogP contribution in [0.15, 0.2) is 91.0 Å². The Morgan fingerprint density at radius 1 is 0.867 bits per heavy atom. The Balaban J connectivity index is 1.72. The van der Waals surface area contributed by atoms with E-state index in [-0.39, 0.29) is 0 Å². The van der Waals surface area contributed by atoms with Gasteiger partial charge in [0.1, 0.15) is 11.9 Å². The van der Waals surface area contributed by atoms with Crippen LogP contribution < -0.4 is 10.2 Å². The van der Waals surface area contributed by atoms with Gasteiger partial charge >= 0.3 is 0 Å². The fourth-order valence-electron chi connectivity index (χ4n) is 3.19. The summed E-state index contributed by atoms with van der Waals surface area (Å²) in [7, 11) is 2.01. The van der Waals surface area contributed by atoms with Crippen LogP contribution in [0.3, 0.4) is 0 Å². The lowest BCUT2D eigenvalue weighted by Gasteiger charge is -2.20. The second-order valence-electron chi connectivity index (χ2n) is 6.93. The molecule has 1 heterocycles. The second kappa shape index (κ2) is 8.89. The topological polar surface area (TPSA) is 64.8 Å². The zero-order valence-corrected chi connectivity index (χ0v) is 16.7. The molecule has 0 saturated heterocycles. The van der Waals surface area contributed by atoms with Crippen LogP contribution in [0.4, 0.5) is 17.5 Å². The van der Waals surface area contributed by atoms with Gasteiger partial charge in [0.25, 0.3) is 0 Å². The first-order valence-corrected chi connectivity index (χ1v) is 9.68. The molecule has 0 amide bonds. The standard InChI is InChI=1S/C25H21N5/c1-30(18-19-10-4-2-5-11-19)24-16-23(20-12-6-3-7-13-20)28-25(29-24)27-22-15-9-8-14-21(22)17-26/h2-16H,18H2,1H3,(H,27,28,29). The number of nitrogens with one attached hydrogen (secondary N) is 1. The highest BCUT2D eigenvalue weighted by atomic mass is 15.2. The molecule has 0 saturated carbocycles. The Kier molecular flexibility index (Phi) is 5.68. The number of hydrogen-bond acceptors (Lipinski definition) is 5. The summed E-state index contributed by atoms with van der Waals surface area (Å²) in [6, 6.07) is 31.8. The van der Waals surface area contributed by atoms with Crippen molar-refractivity contribution in [3.63, 3.8) is 0 Å². The first-order chi connectivity index (χ1) is 14.7. The molecule has 1 aromatic heterocycles. The van der Waals surface area contributed by atoms with Crippen molar-refractivity contribution in [1.29, 1.82) is 5.26 Å². The van der Waals surface area contributed by atoms with Crippen LogP contribution >= 0.6 is 0 Å². The maximum absolute atomic E-state index is 9.40. The predicted octanol–water partition coefficient (Wildman–Crippen LogP) is 5.40. The van der Waals surface area contributed by atoms with Crippen molar-refractivity contribution < 1.29 is 0 Å². The van der Waals surface area contributed by atoms with E-state index in [9.17, 15) is 5.26 Å². The van der Waals surface area contributed by atoms with Crippen molar-refractivity contribution in [3.05, 3.63) is 102 Å². The molecule has 0 spiro atoms. The van der Waals surface area contributed by atoms with Crippen LogP contribution in [0.5, 0.6) is 0 Å². The molecule has 3 aromatic carbocycles. The quantitative estimate of drug-likeness (QED) is 0.477. The second-order valence-corrected chi connectivity index (χ2v) is 6.93. The molecule has 4 aromatic rings. The summed E-state index contributed by atoms with van der Waals surface area (Å²) >= 11 is 0. The van der Waals surface area contributed by atoms with Crippen molar-refractivity contribution >= 4 is 17.5 Å². The third-order valence-corrected chi connectivity index (χ3v) is 4.73. The highest BCUT2D eigenvalue weighted by Crippen LogP contribution is 2.26. The highest BCUT2D eigenvalue weighted by molar-refractivity contribution is 5.68. The normalized spacial score (nSPS) is 10.3. The van der Waals surface area contributed by atoms with Gasteiger partial charge in [-0.3, -0.25) is 0 Å². The van der Waals surface area contributed by atoms with Crippen molar-refractivity contribution in [1.82, 2.24) is 9.97 Å². The first kappa shape index (κ1) is 19.2. The van der Waals surface area contributed by atoms with Crippen molar-refractivity contribution in [2.75, 3.05) is 17.3 Å². The molecule has 0 aliphatic rings. The molecule has 0 bridgehead atoms. The molecule has 30 heavy (non-hydrogen) atoms. The van der Waals surface area contributed by atoms with E-state index >= 15 is 0 Å². The molecule has 0 fully saturated rings. The zero-order valence-electron chi connectivity index (χ0n) is 16.7. The lowest BCUT2D eigenvalue weighted by Crippen LogP contribution is -2.18. The summed E-state index contributed by atoms with van der Waals surface area (Å²) in [6.07, 6.45) is 0. The third-order valence-electron chi connectivity index (χ3n) is 4.73. The summed E-state index contributed by atoms with van der Waals surface area (Å²) in [4.78, 5) is 11.5. The lowest BCUT2D eigenvalue weighted by molar-refractivity contribution is 0.893. The lowest BCUT2D eigenvalue weighted by atomic mass is 10.1. The minimum absolute atomic E-state index is 0.453. The van der Waals surface area contributed by atoms with Gasteiger partial charge in [0.15, 0.2) is 0 Å². The van der Waals surface area contributed by atoms with Gasteiger partial charge in [0, 0.05) is 25.2 Å². The van der Waals surface area contributed by atoms with E-state index in [2.05, 4.69) is 28.4 Å². The number of benzene rings is 3. The Morgan fingerprint density at radius 2 is 1.53 bits per heavy atom. The minimum Gasteiger partial charge on any atom is -0.355 e. The molecular formula is C25H21N5. The number of nitrogens with zero attached hydrogens (tertiary/aromatic N) is 4. The van der Waals surface area contributed by atoms with Gasteiger partial charge in [-0.05, 0) is 17.7 Å². The minimum atomic E-state index is 0.453. The van der Waals surface area contributed by atoms with E-state index in [1.165, 1.54) is 5.56 Å². The van der Waals surface area contributed by atoms with Crippen LogP contribution in [0, 0.1) is 11.3 Å². The molecule has 0 radical (unpaired) electrons. The van der Waals surface area contributed by atoms with Crippen molar-refractivity contribution in [2.24, 2.45) is 0 Å². The van der Waals surface area contributed by atoms with E-state index in [4.69, 9.17) is 9.97 Å².